The van der Waals surface area contributed by atoms with E-state index in [9.17, 15) is 23.7 Å². The SMILES string of the molecule is CC[C@H](C)/C(=N\OS(=O)(=O)O)S[C@@H]1O[C@H](CO)[C@@H](O)[C@H](O)[C@H]1O. The van der Waals surface area contributed by atoms with Crippen LogP contribution in [-0.4, -0.2) is 74.9 Å². The zero-order chi connectivity index (χ0) is 17.8. The standard InChI is InChI=1S/C11H21NO9S2/c1-3-5(2)10(12-21-23(17,18)19)22-11-9(16)8(15)7(14)6(4-13)20-11/h5-9,11,13-16H,3-4H2,1-2H3,(H,17,18,19)/b12-10+/t5-,6+,7+,8-,9+,11-/m0/s1. The number of hydrogen-bond donors (Lipinski definition) is 5. The lowest BCUT2D eigenvalue weighted by atomic mass is 10.0. The highest BCUT2D eigenvalue weighted by atomic mass is 32.3. The molecule has 0 aromatic rings. The van der Waals surface area contributed by atoms with Gasteiger partial charge in [0.25, 0.3) is 0 Å². The van der Waals surface area contributed by atoms with Crippen LogP contribution in [0.5, 0.6) is 0 Å². The van der Waals surface area contributed by atoms with Crippen molar-refractivity contribution in [3.8, 4) is 0 Å². The Kier molecular flexibility index (Phi) is 7.67. The summed E-state index contributed by atoms with van der Waals surface area (Å²) in [5.74, 6) is -0.297. The maximum atomic E-state index is 10.6. The molecule has 0 saturated carbocycles. The monoisotopic (exact) mass is 375 g/mol. The van der Waals surface area contributed by atoms with Crippen molar-refractivity contribution < 1.29 is 42.4 Å². The number of rotatable bonds is 6. The van der Waals surface area contributed by atoms with Crippen molar-refractivity contribution in [2.24, 2.45) is 11.1 Å². The molecule has 1 aliphatic heterocycles. The molecule has 0 radical (unpaired) electrons. The molecule has 6 atom stereocenters. The fourth-order valence-electron chi connectivity index (χ4n) is 1.77. The van der Waals surface area contributed by atoms with E-state index in [2.05, 4.69) is 9.44 Å². The van der Waals surface area contributed by atoms with Crippen molar-refractivity contribution in [2.75, 3.05) is 6.61 Å². The van der Waals surface area contributed by atoms with Crippen molar-refractivity contribution in [1.29, 1.82) is 0 Å². The average molecular weight is 375 g/mol. The first-order valence-corrected chi connectivity index (χ1v) is 9.06. The Morgan fingerprint density at radius 1 is 1.30 bits per heavy atom. The van der Waals surface area contributed by atoms with Crippen molar-refractivity contribution in [3.63, 3.8) is 0 Å². The van der Waals surface area contributed by atoms with Gasteiger partial charge in [-0.15, -0.1) is 0 Å². The van der Waals surface area contributed by atoms with Crippen molar-refractivity contribution in [3.05, 3.63) is 0 Å². The van der Waals surface area contributed by atoms with Gasteiger partial charge in [-0.25, -0.2) is 4.28 Å². The van der Waals surface area contributed by atoms with Gasteiger partial charge in [-0.1, -0.05) is 30.8 Å². The van der Waals surface area contributed by atoms with Gasteiger partial charge in [-0.3, -0.25) is 4.55 Å². The summed E-state index contributed by atoms with van der Waals surface area (Å²) >= 11 is 0.767. The molecule has 0 unspecified atom stereocenters. The zero-order valence-electron chi connectivity index (χ0n) is 12.5. The largest absolute Gasteiger partial charge is 0.466 e. The number of hydrogen-bond acceptors (Lipinski definition) is 10. The van der Waals surface area contributed by atoms with Gasteiger partial charge in [0.15, 0.2) is 0 Å². The van der Waals surface area contributed by atoms with E-state index in [0.29, 0.717) is 6.42 Å². The van der Waals surface area contributed by atoms with Crippen LogP contribution in [0.3, 0.4) is 0 Å². The highest BCUT2D eigenvalue weighted by Crippen LogP contribution is 2.31. The molecule has 1 saturated heterocycles. The number of thioether (sulfide) groups is 1. The summed E-state index contributed by atoms with van der Waals surface area (Å²) in [4.78, 5) is 0. The molecule has 0 amide bonds. The lowest BCUT2D eigenvalue weighted by Crippen LogP contribution is -2.57. The Bertz CT molecular complexity index is 510. The Balaban J connectivity index is 2.93. The van der Waals surface area contributed by atoms with E-state index in [1.54, 1.807) is 13.8 Å². The van der Waals surface area contributed by atoms with Gasteiger partial charge in [0.2, 0.25) is 0 Å². The number of nitrogens with zero attached hydrogens (tertiary/aromatic N) is 1. The van der Waals surface area contributed by atoms with Crippen LogP contribution in [-0.2, 0) is 19.4 Å². The first kappa shape index (κ1) is 20.6. The summed E-state index contributed by atoms with van der Waals surface area (Å²) in [6.07, 6.45) is -5.11. The molecule has 0 spiro atoms. The molecule has 1 heterocycles. The summed E-state index contributed by atoms with van der Waals surface area (Å²) in [7, 11) is -4.78. The van der Waals surface area contributed by atoms with E-state index in [0.717, 1.165) is 11.8 Å². The fraction of sp³-hybridized carbons (Fsp3) is 0.909. The third kappa shape index (κ3) is 5.83. The summed E-state index contributed by atoms with van der Waals surface area (Å²) in [5.41, 5.74) is -1.12. The second kappa shape index (κ2) is 8.58. The minimum absolute atomic E-state index is 0.0921. The predicted molar refractivity (Wildman–Crippen MR) is 80.9 cm³/mol. The number of aliphatic hydroxyl groups is 4. The predicted octanol–water partition coefficient (Wildman–Crippen LogP) is -1.30. The normalized spacial score (nSPS) is 34.2. The second-order valence-corrected chi connectivity index (χ2v) is 7.18. The molecule has 0 aliphatic carbocycles. The zero-order valence-corrected chi connectivity index (χ0v) is 14.1. The average Bonchev–Trinajstić information content (AvgIpc) is 2.49. The quantitative estimate of drug-likeness (QED) is 0.163. The van der Waals surface area contributed by atoms with E-state index in [4.69, 9.17) is 14.4 Å². The molecule has 23 heavy (non-hydrogen) atoms. The van der Waals surface area contributed by atoms with Gasteiger partial charge in [0.1, 0.15) is 34.9 Å². The van der Waals surface area contributed by atoms with Gasteiger partial charge in [0.05, 0.1) is 6.61 Å². The summed E-state index contributed by atoms with van der Waals surface area (Å²) < 4.78 is 39.1. The molecular formula is C11H21NO9S2. The van der Waals surface area contributed by atoms with Crippen LogP contribution in [0, 0.1) is 5.92 Å². The van der Waals surface area contributed by atoms with E-state index in [-0.39, 0.29) is 11.0 Å². The van der Waals surface area contributed by atoms with Gasteiger partial charge in [-0.05, 0) is 6.42 Å². The minimum atomic E-state index is -4.78. The third-order valence-corrected chi connectivity index (χ3v) is 4.94. The molecule has 136 valence electrons. The maximum absolute atomic E-state index is 10.6. The smallest absolute Gasteiger partial charge is 0.394 e. The third-order valence-electron chi connectivity index (χ3n) is 3.34. The van der Waals surface area contributed by atoms with E-state index in [1.165, 1.54) is 0 Å². The van der Waals surface area contributed by atoms with Crippen LogP contribution in [0.15, 0.2) is 5.16 Å². The lowest BCUT2D eigenvalue weighted by molar-refractivity contribution is -0.205. The molecule has 1 aliphatic rings. The minimum Gasteiger partial charge on any atom is -0.394 e. The molecular weight excluding hydrogens is 354 g/mol. The van der Waals surface area contributed by atoms with Crippen molar-refractivity contribution >= 4 is 27.2 Å². The molecule has 12 heteroatoms. The summed E-state index contributed by atoms with van der Waals surface area (Å²) in [6.45, 7) is 2.91. The maximum Gasteiger partial charge on any atom is 0.466 e. The van der Waals surface area contributed by atoms with E-state index < -0.39 is 46.9 Å². The van der Waals surface area contributed by atoms with Gasteiger partial charge < -0.3 is 25.2 Å². The van der Waals surface area contributed by atoms with Crippen LogP contribution >= 0.6 is 11.8 Å². The van der Waals surface area contributed by atoms with Gasteiger partial charge >= 0.3 is 10.4 Å². The van der Waals surface area contributed by atoms with Crippen molar-refractivity contribution in [2.45, 2.75) is 50.1 Å². The molecule has 0 aromatic carbocycles. The highest BCUT2D eigenvalue weighted by Gasteiger charge is 2.44. The Hall–Kier alpha value is -0.470. The van der Waals surface area contributed by atoms with Crippen LogP contribution in [0.25, 0.3) is 0 Å². The molecule has 0 aromatic heterocycles. The molecule has 0 bridgehead atoms. The molecule has 1 rings (SSSR count). The molecule has 5 N–H and O–H groups in total. The van der Waals surface area contributed by atoms with E-state index in [1.807, 2.05) is 0 Å². The Labute approximate surface area is 138 Å². The first-order chi connectivity index (χ1) is 10.6. The van der Waals surface area contributed by atoms with Crippen LogP contribution in [0.2, 0.25) is 0 Å². The van der Waals surface area contributed by atoms with Crippen LogP contribution in [0.1, 0.15) is 20.3 Å². The summed E-state index contributed by atoms with van der Waals surface area (Å²) in [6, 6.07) is 0. The van der Waals surface area contributed by atoms with Crippen molar-refractivity contribution in [1.82, 2.24) is 0 Å². The van der Waals surface area contributed by atoms with Crippen LogP contribution < -0.4 is 0 Å². The lowest BCUT2D eigenvalue weighted by Gasteiger charge is -2.39. The highest BCUT2D eigenvalue weighted by molar-refractivity contribution is 8.14. The number of aliphatic hydroxyl groups excluding tert-OH is 4. The van der Waals surface area contributed by atoms with Crippen LogP contribution in [0.4, 0.5) is 0 Å². The summed E-state index contributed by atoms with van der Waals surface area (Å²) in [5, 5.41) is 41.9. The Morgan fingerprint density at radius 3 is 2.39 bits per heavy atom. The Morgan fingerprint density at radius 2 is 1.91 bits per heavy atom. The molecule has 1 fully saturated rings. The number of oxime groups is 1. The van der Waals surface area contributed by atoms with E-state index >= 15 is 0 Å². The molecule has 10 nitrogen and oxygen atoms in total. The van der Waals surface area contributed by atoms with Gasteiger partial charge in [0, 0.05) is 5.92 Å². The van der Waals surface area contributed by atoms with Gasteiger partial charge in [-0.2, -0.15) is 8.42 Å². The fourth-order valence-corrected chi connectivity index (χ4v) is 3.21. The number of ether oxygens (including phenoxy) is 1. The topological polar surface area (TPSA) is 166 Å². The second-order valence-electron chi connectivity index (χ2n) is 5.06. The first-order valence-electron chi connectivity index (χ1n) is 6.81.